The Morgan fingerprint density at radius 3 is 2.62 bits per heavy atom. The summed E-state index contributed by atoms with van der Waals surface area (Å²) >= 11 is 1.26. The van der Waals surface area contributed by atoms with Gasteiger partial charge in [0.1, 0.15) is 18.2 Å². The van der Waals surface area contributed by atoms with Crippen molar-refractivity contribution in [2.75, 3.05) is 12.4 Å². The molecular formula is C19H15FN2O3S. The number of hydrogen-bond donors (Lipinski definition) is 1. The summed E-state index contributed by atoms with van der Waals surface area (Å²) in [5, 5.41) is 19.2. The van der Waals surface area contributed by atoms with Crippen molar-refractivity contribution < 1.29 is 18.7 Å². The van der Waals surface area contributed by atoms with E-state index in [-0.39, 0.29) is 12.4 Å². The fraction of sp³-hybridized carbons (Fsp3) is 0.158. The molecule has 132 valence electrons. The van der Waals surface area contributed by atoms with Gasteiger partial charge in [-0.3, -0.25) is 0 Å². The predicted molar refractivity (Wildman–Crippen MR) is 95.3 cm³/mol. The number of benzene rings is 2. The molecule has 2 aromatic carbocycles. The Hall–Kier alpha value is -2.82. The molecule has 0 amide bonds. The van der Waals surface area contributed by atoms with Crippen LogP contribution in [0.15, 0.2) is 64.4 Å². The number of aromatic nitrogens is 1. The van der Waals surface area contributed by atoms with Gasteiger partial charge in [-0.25, -0.2) is 9.37 Å². The fourth-order valence-corrected chi connectivity index (χ4v) is 2.81. The number of thioether (sulfide) groups is 1. The van der Waals surface area contributed by atoms with Gasteiger partial charge in [0.25, 0.3) is 5.22 Å². The van der Waals surface area contributed by atoms with E-state index in [2.05, 4.69) is 4.98 Å². The van der Waals surface area contributed by atoms with Gasteiger partial charge in [-0.05, 0) is 48.5 Å². The highest BCUT2D eigenvalue weighted by Gasteiger charge is 2.11. The maximum Gasteiger partial charge on any atom is 0.256 e. The molecule has 1 heterocycles. The Morgan fingerprint density at radius 1 is 1.19 bits per heavy atom. The molecule has 1 N–H and O–H groups in total. The molecule has 1 aromatic heterocycles. The highest BCUT2D eigenvalue weighted by molar-refractivity contribution is 7.99. The van der Waals surface area contributed by atoms with E-state index in [1.54, 1.807) is 42.6 Å². The van der Waals surface area contributed by atoms with E-state index >= 15 is 0 Å². The number of rotatable bonds is 7. The van der Waals surface area contributed by atoms with Gasteiger partial charge in [0, 0.05) is 11.3 Å². The molecule has 26 heavy (non-hydrogen) atoms. The van der Waals surface area contributed by atoms with Gasteiger partial charge in [-0.2, -0.15) is 5.26 Å². The lowest BCUT2D eigenvalue weighted by Crippen LogP contribution is -2.20. The lowest BCUT2D eigenvalue weighted by molar-refractivity contribution is 0.126. The van der Waals surface area contributed by atoms with E-state index in [1.165, 1.54) is 23.9 Å². The molecule has 1 atom stereocenters. The van der Waals surface area contributed by atoms with Crippen molar-refractivity contribution in [2.45, 2.75) is 11.3 Å². The SMILES string of the molecule is N#Cc1ccc(OCC(O)CSc2ncc(-c3ccc(F)cc3)o2)cc1. The van der Waals surface area contributed by atoms with Crippen LogP contribution in [0.1, 0.15) is 5.56 Å². The lowest BCUT2D eigenvalue weighted by Gasteiger charge is -2.11. The van der Waals surface area contributed by atoms with Crippen LogP contribution < -0.4 is 4.74 Å². The molecule has 0 aliphatic rings. The summed E-state index contributed by atoms with van der Waals surface area (Å²) in [5.41, 5.74) is 1.28. The Kier molecular flexibility index (Phi) is 5.89. The van der Waals surface area contributed by atoms with Crippen LogP contribution in [0.4, 0.5) is 4.39 Å². The van der Waals surface area contributed by atoms with E-state index in [0.29, 0.717) is 28.0 Å². The maximum atomic E-state index is 12.9. The van der Waals surface area contributed by atoms with Gasteiger partial charge in [0.2, 0.25) is 0 Å². The third-order valence-corrected chi connectivity index (χ3v) is 4.43. The van der Waals surface area contributed by atoms with Crippen LogP contribution in [0.25, 0.3) is 11.3 Å². The zero-order chi connectivity index (χ0) is 18.4. The van der Waals surface area contributed by atoms with Crippen LogP contribution in [0.2, 0.25) is 0 Å². The number of hydrogen-bond acceptors (Lipinski definition) is 6. The largest absolute Gasteiger partial charge is 0.491 e. The molecule has 3 rings (SSSR count). The molecule has 0 fully saturated rings. The zero-order valence-corrected chi connectivity index (χ0v) is 14.4. The summed E-state index contributed by atoms with van der Waals surface area (Å²) in [6, 6.07) is 14.6. The molecule has 0 saturated carbocycles. The molecule has 7 heteroatoms. The van der Waals surface area contributed by atoms with Crippen molar-refractivity contribution >= 4 is 11.8 Å². The molecule has 0 saturated heterocycles. The summed E-state index contributed by atoms with van der Waals surface area (Å²) in [7, 11) is 0. The Bertz CT molecular complexity index is 888. The summed E-state index contributed by atoms with van der Waals surface area (Å²) < 4.78 is 24.0. The Balaban J connectivity index is 1.47. The quantitative estimate of drug-likeness (QED) is 0.636. The first kappa shape index (κ1) is 18.0. The first-order chi connectivity index (χ1) is 12.6. The number of aliphatic hydroxyl groups is 1. The monoisotopic (exact) mass is 370 g/mol. The van der Waals surface area contributed by atoms with Gasteiger partial charge in [-0.15, -0.1) is 0 Å². The second-order valence-electron chi connectivity index (χ2n) is 5.41. The van der Waals surface area contributed by atoms with Crippen LogP contribution in [-0.4, -0.2) is 28.6 Å². The van der Waals surface area contributed by atoms with Crippen molar-refractivity contribution in [1.82, 2.24) is 4.98 Å². The number of ether oxygens (including phenoxy) is 1. The van der Waals surface area contributed by atoms with Gasteiger partial charge >= 0.3 is 0 Å². The normalized spacial score (nSPS) is 11.7. The summed E-state index contributed by atoms with van der Waals surface area (Å²) in [5.74, 6) is 1.16. The highest BCUT2D eigenvalue weighted by atomic mass is 32.2. The molecule has 0 spiro atoms. The Morgan fingerprint density at radius 2 is 1.92 bits per heavy atom. The molecule has 3 aromatic rings. The number of nitriles is 1. The first-order valence-corrected chi connectivity index (χ1v) is 8.78. The predicted octanol–water partition coefficient (Wildman–Crippen LogP) is 3.88. The van der Waals surface area contributed by atoms with Crippen molar-refractivity contribution in [2.24, 2.45) is 0 Å². The van der Waals surface area contributed by atoms with Crippen LogP contribution in [-0.2, 0) is 0 Å². The van der Waals surface area contributed by atoms with Gasteiger partial charge in [0.15, 0.2) is 5.76 Å². The average molecular weight is 370 g/mol. The van der Waals surface area contributed by atoms with Crippen molar-refractivity contribution in [1.29, 1.82) is 5.26 Å². The molecule has 1 unspecified atom stereocenters. The minimum Gasteiger partial charge on any atom is -0.491 e. The van der Waals surface area contributed by atoms with Crippen molar-refractivity contribution in [3.05, 3.63) is 66.1 Å². The lowest BCUT2D eigenvalue weighted by atomic mass is 10.2. The van der Waals surface area contributed by atoms with Gasteiger partial charge in [-0.1, -0.05) is 11.8 Å². The molecule has 0 radical (unpaired) electrons. The number of nitrogens with zero attached hydrogens (tertiary/aromatic N) is 2. The second kappa shape index (κ2) is 8.52. The van der Waals surface area contributed by atoms with Gasteiger partial charge < -0.3 is 14.3 Å². The topological polar surface area (TPSA) is 79.3 Å². The smallest absolute Gasteiger partial charge is 0.256 e. The van der Waals surface area contributed by atoms with Crippen LogP contribution in [0.3, 0.4) is 0 Å². The number of aliphatic hydroxyl groups excluding tert-OH is 1. The molecule has 0 aliphatic carbocycles. The minimum atomic E-state index is -0.711. The molecular weight excluding hydrogens is 355 g/mol. The number of oxazole rings is 1. The molecule has 0 bridgehead atoms. The van der Waals surface area contributed by atoms with E-state index in [4.69, 9.17) is 14.4 Å². The number of halogens is 1. The highest BCUT2D eigenvalue weighted by Crippen LogP contribution is 2.26. The minimum absolute atomic E-state index is 0.116. The van der Waals surface area contributed by atoms with E-state index in [9.17, 15) is 9.50 Å². The van der Waals surface area contributed by atoms with E-state index in [0.717, 1.165) is 5.56 Å². The first-order valence-electron chi connectivity index (χ1n) is 7.79. The summed E-state index contributed by atoms with van der Waals surface area (Å²) in [4.78, 5) is 4.14. The second-order valence-corrected chi connectivity index (χ2v) is 6.38. The average Bonchev–Trinajstić information content (AvgIpc) is 3.14. The summed E-state index contributed by atoms with van der Waals surface area (Å²) in [6.45, 7) is 0.116. The maximum absolute atomic E-state index is 12.9. The fourth-order valence-electron chi connectivity index (χ4n) is 2.11. The van der Waals surface area contributed by atoms with E-state index in [1.807, 2.05) is 6.07 Å². The Labute approximate surface area is 154 Å². The molecule has 5 nitrogen and oxygen atoms in total. The third kappa shape index (κ3) is 4.85. The van der Waals surface area contributed by atoms with E-state index < -0.39 is 6.10 Å². The van der Waals surface area contributed by atoms with Crippen LogP contribution in [0.5, 0.6) is 5.75 Å². The zero-order valence-electron chi connectivity index (χ0n) is 13.6. The van der Waals surface area contributed by atoms with Crippen LogP contribution in [0, 0.1) is 17.1 Å². The van der Waals surface area contributed by atoms with Crippen molar-refractivity contribution in [3.8, 4) is 23.1 Å². The van der Waals surface area contributed by atoms with Gasteiger partial charge in [0.05, 0.1) is 23.9 Å². The molecule has 0 aliphatic heterocycles. The third-order valence-electron chi connectivity index (χ3n) is 3.44. The van der Waals surface area contributed by atoms with Crippen molar-refractivity contribution in [3.63, 3.8) is 0 Å². The van der Waals surface area contributed by atoms with Crippen LogP contribution >= 0.6 is 11.8 Å². The standard InChI is InChI=1S/C19H15FN2O3S/c20-15-5-3-14(4-6-15)18-10-22-19(25-18)26-12-16(23)11-24-17-7-1-13(9-21)2-8-17/h1-8,10,16,23H,11-12H2. The summed E-state index contributed by atoms with van der Waals surface area (Å²) in [6.07, 6.45) is 0.853.